The molecule has 2 aliphatic rings. The van der Waals surface area contributed by atoms with Crippen LogP contribution in [0.4, 0.5) is 0 Å². The van der Waals surface area contributed by atoms with Gasteiger partial charge in [0.05, 0.1) is 0 Å². The van der Waals surface area contributed by atoms with Crippen molar-refractivity contribution in [3.05, 3.63) is 65.7 Å². The summed E-state index contributed by atoms with van der Waals surface area (Å²) in [5, 5.41) is 3.84. The summed E-state index contributed by atoms with van der Waals surface area (Å²) in [5.41, 5.74) is 2.98. The van der Waals surface area contributed by atoms with Crippen LogP contribution >= 0.6 is 11.8 Å². The molecule has 1 saturated carbocycles. The van der Waals surface area contributed by atoms with E-state index >= 15 is 0 Å². The smallest absolute Gasteiger partial charge is 0.0428 e. The van der Waals surface area contributed by atoms with Crippen LogP contribution in [0.2, 0.25) is 0 Å². The Bertz CT molecular complexity index is 581. The second-order valence-electron chi connectivity index (χ2n) is 5.43. The van der Waals surface area contributed by atoms with Crippen LogP contribution < -0.4 is 5.32 Å². The molecule has 2 aromatic carbocycles. The molecule has 2 heteroatoms. The fourth-order valence-corrected chi connectivity index (χ4v) is 4.18. The van der Waals surface area contributed by atoms with E-state index in [4.69, 9.17) is 0 Å². The van der Waals surface area contributed by atoms with E-state index in [-0.39, 0.29) is 0 Å². The van der Waals surface area contributed by atoms with Crippen molar-refractivity contribution < 1.29 is 0 Å². The maximum absolute atomic E-state index is 3.84. The Morgan fingerprint density at radius 1 is 0.947 bits per heavy atom. The molecule has 19 heavy (non-hydrogen) atoms. The van der Waals surface area contributed by atoms with Crippen molar-refractivity contribution in [1.82, 2.24) is 5.32 Å². The first kappa shape index (κ1) is 11.6. The van der Waals surface area contributed by atoms with E-state index in [2.05, 4.69) is 59.9 Å². The largest absolute Gasteiger partial charge is 0.306 e. The minimum Gasteiger partial charge on any atom is -0.306 e. The zero-order valence-corrected chi connectivity index (χ0v) is 11.6. The van der Waals surface area contributed by atoms with Crippen molar-refractivity contribution in [2.75, 3.05) is 5.75 Å². The average Bonchev–Trinajstić information content (AvgIpc) is 3.13. The van der Waals surface area contributed by atoms with Gasteiger partial charge in [0.25, 0.3) is 0 Å². The van der Waals surface area contributed by atoms with Gasteiger partial charge < -0.3 is 5.32 Å². The van der Waals surface area contributed by atoms with Gasteiger partial charge in [-0.15, -0.1) is 11.8 Å². The lowest BCUT2D eigenvalue weighted by molar-refractivity contribution is 0.571. The number of nitrogens with one attached hydrogen (secondary N) is 1. The Labute approximate surface area is 118 Å². The quantitative estimate of drug-likeness (QED) is 0.902. The Balaban J connectivity index is 1.45. The first-order valence-corrected chi connectivity index (χ1v) is 7.93. The molecule has 0 amide bonds. The van der Waals surface area contributed by atoms with Crippen LogP contribution in [0.5, 0.6) is 0 Å². The second kappa shape index (κ2) is 4.69. The van der Waals surface area contributed by atoms with Crippen LogP contribution in [0.15, 0.2) is 59.5 Å². The molecule has 2 aromatic rings. The van der Waals surface area contributed by atoms with Crippen LogP contribution in [0.25, 0.3) is 0 Å². The molecule has 1 fully saturated rings. The van der Waals surface area contributed by atoms with Crippen LogP contribution in [0.3, 0.4) is 0 Å². The minimum absolute atomic E-state index is 0.542. The molecule has 96 valence electrons. The van der Waals surface area contributed by atoms with E-state index in [9.17, 15) is 0 Å². The lowest BCUT2D eigenvalue weighted by Gasteiger charge is -2.13. The van der Waals surface area contributed by atoms with Gasteiger partial charge in [0.2, 0.25) is 0 Å². The summed E-state index contributed by atoms with van der Waals surface area (Å²) in [6.45, 7) is 0. The number of thioether (sulfide) groups is 1. The molecule has 1 heterocycles. The van der Waals surface area contributed by atoms with Gasteiger partial charge in [0.1, 0.15) is 0 Å². The van der Waals surface area contributed by atoms with Crippen LogP contribution in [-0.4, -0.2) is 11.8 Å². The third kappa shape index (κ3) is 2.19. The summed E-state index contributed by atoms with van der Waals surface area (Å²) < 4.78 is 0. The van der Waals surface area contributed by atoms with Gasteiger partial charge in [-0.2, -0.15) is 0 Å². The van der Waals surface area contributed by atoms with Gasteiger partial charge in [0, 0.05) is 28.6 Å². The van der Waals surface area contributed by atoms with Gasteiger partial charge in [-0.05, 0) is 23.6 Å². The van der Waals surface area contributed by atoms with E-state index in [0.29, 0.717) is 12.1 Å². The maximum Gasteiger partial charge on any atom is 0.0428 e. The number of hydrogen-bond donors (Lipinski definition) is 1. The van der Waals surface area contributed by atoms with Crippen molar-refractivity contribution in [2.24, 2.45) is 0 Å². The van der Waals surface area contributed by atoms with Crippen molar-refractivity contribution in [2.45, 2.75) is 29.3 Å². The number of benzene rings is 2. The monoisotopic (exact) mass is 267 g/mol. The van der Waals surface area contributed by atoms with E-state index in [1.807, 2.05) is 11.8 Å². The molecular weight excluding hydrogens is 250 g/mol. The summed E-state index contributed by atoms with van der Waals surface area (Å²) in [6, 6.07) is 20.9. The summed E-state index contributed by atoms with van der Waals surface area (Å²) in [7, 11) is 0. The molecular formula is C17H17NS. The maximum atomic E-state index is 3.84. The van der Waals surface area contributed by atoms with E-state index in [1.165, 1.54) is 28.2 Å². The number of rotatable bonds is 3. The van der Waals surface area contributed by atoms with Crippen molar-refractivity contribution in [3.8, 4) is 0 Å². The van der Waals surface area contributed by atoms with Gasteiger partial charge in [-0.25, -0.2) is 0 Å². The summed E-state index contributed by atoms with van der Waals surface area (Å²) in [6.07, 6.45) is 1.29. The highest BCUT2D eigenvalue weighted by Crippen LogP contribution is 2.45. The fourth-order valence-electron chi connectivity index (χ4n) is 3.01. The van der Waals surface area contributed by atoms with E-state index in [0.717, 1.165) is 5.92 Å². The Morgan fingerprint density at radius 3 is 2.63 bits per heavy atom. The molecule has 1 nitrogen and oxygen atoms in total. The SMILES string of the molecule is c1ccc(C2CC2NC2CSc3ccccc32)cc1. The Hall–Kier alpha value is -1.25. The predicted molar refractivity (Wildman–Crippen MR) is 80.6 cm³/mol. The molecule has 1 aliphatic carbocycles. The molecule has 3 unspecified atom stereocenters. The highest BCUT2D eigenvalue weighted by molar-refractivity contribution is 7.99. The van der Waals surface area contributed by atoms with Gasteiger partial charge >= 0.3 is 0 Å². The molecule has 0 aromatic heterocycles. The van der Waals surface area contributed by atoms with Gasteiger partial charge in [0.15, 0.2) is 0 Å². The van der Waals surface area contributed by atoms with Crippen LogP contribution in [0, 0.1) is 0 Å². The zero-order valence-electron chi connectivity index (χ0n) is 10.8. The topological polar surface area (TPSA) is 12.0 Å². The second-order valence-corrected chi connectivity index (χ2v) is 6.49. The Morgan fingerprint density at radius 2 is 1.74 bits per heavy atom. The molecule has 3 atom stereocenters. The first-order valence-electron chi connectivity index (χ1n) is 6.94. The molecule has 0 spiro atoms. The molecule has 0 radical (unpaired) electrons. The number of fused-ring (bicyclic) bond motifs is 1. The first-order chi connectivity index (χ1) is 9.42. The lowest BCUT2D eigenvalue weighted by atomic mass is 10.1. The average molecular weight is 267 g/mol. The van der Waals surface area contributed by atoms with Crippen molar-refractivity contribution in [3.63, 3.8) is 0 Å². The van der Waals surface area contributed by atoms with E-state index < -0.39 is 0 Å². The normalized spacial score (nSPS) is 28.1. The minimum atomic E-state index is 0.542. The summed E-state index contributed by atoms with van der Waals surface area (Å²) in [4.78, 5) is 1.46. The van der Waals surface area contributed by atoms with Crippen LogP contribution in [-0.2, 0) is 0 Å². The summed E-state index contributed by atoms with van der Waals surface area (Å²) in [5.74, 6) is 1.90. The van der Waals surface area contributed by atoms with Crippen LogP contribution in [0.1, 0.15) is 29.5 Å². The lowest BCUT2D eigenvalue weighted by Crippen LogP contribution is -2.24. The fraction of sp³-hybridized carbons (Fsp3) is 0.294. The standard InChI is InChI=1S/C17H17NS/c1-2-6-12(7-3-1)14-10-15(14)18-16-11-19-17-9-5-4-8-13(16)17/h1-9,14-16,18H,10-11H2. The highest BCUT2D eigenvalue weighted by Gasteiger charge is 2.40. The van der Waals surface area contributed by atoms with Crippen molar-refractivity contribution in [1.29, 1.82) is 0 Å². The summed E-state index contributed by atoms with van der Waals surface area (Å²) >= 11 is 1.98. The van der Waals surface area contributed by atoms with Crippen molar-refractivity contribution >= 4 is 11.8 Å². The zero-order chi connectivity index (χ0) is 12.7. The van der Waals surface area contributed by atoms with Gasteiger partial charge in [-0.3, -0.25) is 0 Å². The number of hydrogen-bond acceptors (Lipinski definition) is 2. The molecule has 4 rings (SSSR count). The third-order valence-electron chi connectivity index (χ3n) is 4.13. The Kier molecular flexibility index (Phi) is 2.86. The molecule has 1 N–H and O–H groups in total. The van der Waals surface area contributed by atoms with Gasteiger partial charge in [-0.1, -0.05) is 48.5 Å². The molecule has 1 aliphatic heterocycles. The molecule has 0 bridgehead atoms. The molecule has 0 saturated heterocycles. The van der Waals surface area contributed by atoms with E-state index in [1.54, 1.807) is 0 Å². The highest BCUT2D eigenvalue weighted by atomic mass is 32.2. The predicted octanol–water partition coefficient (Wildman–Crippen LogP) is 3.98. The third-order valence-corrected chi connectivity index (χ3v) is 5.32.